The molecule has 1 aromatic carbocycles. The summed E-state index contributed by atoms with van der Waals surface area (Å²) in [5, 5.41) is 6.83. The van der Waals surface area contributed by atoms with Gasteiger partial charge in [0.05, 0.1) is 0 Å². The molecule has 1 saturated heterocycles. The van der Waals surface area contributed by atoms with Gasteiger partial charge in [-0.05, 0) is 24.8 Å². The van der Waals surface area contributed by atoms with Crippen molar-refractivity contribution in [3.8, 4) is 0 Å². The van der Waals surface area contributed by atoms with E-state index < -0.39 is 0 Å². The fourth-order valence-corrected chi connectivity index (χ4v) is 3.51. The second kappa shape index (κ2) is 9.60. The van der Waals surface area contributed by atoms with E-state index in [0.29, 0.717) is 18.4 Å². The van der Waals surface area contributed by atoms with Crippen LogP contribution in [0.2, 0.25) is 0 Å². The first-order chi connectivity index (χ1) is 12.5. The maximum Gasteiger partial charge on any atom is 0.222 e. The van der Waals surface area contributed by atoms with Crippen LogP contribution in [0.4, 0.5) is 0 Å². The van der Waals surface area contributed by atoms with Crippen molar-refractivity contribution < 1.29 is 4.79 Å². The molecule has 1 heterocycles. The minimum absolute atomic E-state index is 0.0206. The molecule has 1 atom stereocenters. The van der Waals surface area contributed by atoms with E-state index in [0.717, 1.165) is 44.9 Å². The van der Waals surface area contributed by atoms with Crippen LogP contribution >= 0.6 is 0 Å². The van der Waals surface area contributed by atoms with Crippen LogP contribution < -0.4 is 10.6 Å². The molecule has 0 saturated carbocycles. The number of hydrogen-bond acceptors (Lipinski definition) is 2. The van der Waals surface area contributed by atoms with Crippen molar-refractivity contribution in [2.45, 2.75) is 57.9 Å². The number of nitrogens with one attached hydrogen (secondary N) is 2. The lowest BCUT2D eigenvalue weighted by atomic mass is 9.85. The van der Waals surface area contributed by atoms with Crippen molar-refractivity contribution in [2.24, 2.45) is 4.99 Å². The van der Waals surface area contributed by atoms with E-state index in [9.17, 15) is 4.79 Å². The van der Waals surface area contributed by atoms with Crippen molar-refractivity contribution >= 4 is 11.9 Å². The zero-order chi connectivity index (χ0) is 19.0. The number of carbonyl (C=O) groups is 1. The van der Waals surface area contributed by atoms with E-state index in [-0.39, 0.29) is 5.41 Å². The van der Waals surface area contributed by atoms with Gasteiger partial charge in [-0.3, -0.25) is 9.79 Å². The molecule has 1 fully saturated rings. The van der Waals surface area contributed by atoms with Crippen LogP contribution in [0, 0.1) is 0 Å². The molecular formula is C21H34N4O. The molecule has 2 rings (SSSR count). The summed E-state index contributed by atoms with van der Waals surface area (Å²) in [6.07, 6.45) is 3.66. The standard InChI is InChI=1S/C21H34N4O/c1-5-18(25-15-9-12-19(25)26)13-14-23-20(22-4)24-16-21(2,3)17-10-7-6-8-11-17/h6-8,10-11,18H,5,9,12-16H2,1-4H3,(H2,22,23,24). The number of amides is 1. The van der Waals surface area contributed by atoms with E-state index in [1.807, 2.05) is 6.07 Å². The van der Waals surface area contributed by atoms with Gasteiger partial charge in [0, 0.05) is 44.6 Å². The summed E-state index contributed by atoms with van der Waals surface area (Å²) in [5.41, 5.74) is 1.33. The number of benzene rings is 1. The van der Waals surface area contributed by atoms with Crippen LogP contribution in [0.3, 0.4) is 0 Å². The van der Waals surface area contributed by atoms with Crippen LogP contribution in [0.15, 0.2) is 35.3 Å². The molecule has 0 aromatic heterocycles. The second-order valence-corrected chi connectivity index (χ2v) is 7.64. The number of carbonyl (C=O) groups excluding carboxylic acids is 1. The minimum atomic E-state index is 0.0206. The van der Waals surface area contributed by atoms with Crippen molar-refractivity contribution in [1.29, 1.82) is 0 Å². The van der Waals surface area contributed by atoms with Gasteiger partial charge in [-0.15, -0.1) is 0 Å². The summed E-state index contributed by atoms with van der Waals surface area (Å²) < 4.78 is 0. The molecule has 5 nitrogen and oxygen atoms in total. The monoisotopic (exact) mass is 358 g/mol. The van der Waals surface area contributed by atoms with Crippen molar-refractivity contribution in [3.63, 3.8) is 0 Å². The Bertz CT molecular complexity index is 597. The SMILES string of the molecule is CCC(CCNC(=NC)NCC(C)(C)c1ccccc1)N1CCCC1=O. The zero-order valence-electron chi connectivity index (χ0n) is 16.7. The zero-order valence-corrected chi connectivity index (χ0v) is 16.7. The van der Waals surface area contributed by atoms with Crippen LogP contribution in [0.1, 0.15) is 52.0 Å². The largest absolute Gasteiger partial charge is 0.356 e. The van der Waals surface area contributed by atoms with Gasteiger partial charge in [0.2, 0.25) is 5.91 Å². The Morgan fingerprint density at radius 1 is 1.27 bits per heavy atom. The molecule has 0 radical (unpaired) electrons. The summed E-state index contributed by atoms with van der Waals surface area (Å²) >= 11 is 0. The molecule has 1 aliphatic rings. The van der Waals surface area contributed by atoms with Gasteiger partial charge in [0.1, 0.15) is 0 Å². The van der Waals surface area contributed by atoms with Gasteiger partial charge in [0.25, 0.3) is 0 Å². The molecule has 5 heteroatoms. The third-order valence-corrected chi connectivity index (χ3v) is 5.27. The highest BCUT2D eigenvalue weighted by Gasteiger charge is 2.26. The number of nitrogens with zero attached hydrogens (tertiary/aromatic N) is 2. The highest BCUT2D eigenvalue weighted by molar-refractivity contribution is 5.80. The van der Waals surface area contributed by atoms with E-state index >= 15 is 0 Å². The molecule has 2 N–H and O–H groups in total. The topological polar surface area (TPSA) is 56.7 Å². The molecule has 1 aliphatic heterocycles. The van der Waals surface area contributed by atoms with Gasteiger partial charge in [-0.25, -0.2) is 0 Å². The smallest absolute Gasteiger partial charge is 0.222 e. The first-order valence-electron chi connectivity index (χ1n) is 9.77. The number of hydrogen-bond donors (Lipinski definition) is 2. The average Bonchev–Trinajstić information content (AvgIpc) is 3.08. The lowest BCUT2D eigenvalue weighted by molar-refractivity contribution is -0.129. The molecule has 144 valence electrons. The summed E-state index contributed by atoms with van der Waals surface area (Å²) in [6, 6.07) is 10.9. The molecule has 1 unspecified atom stereocenters. The first kappa shape index (κ1) is 20.3. The van der Waals surface area contributed by atoms with E-state index in [1.54, 1.807) is 7.05 Å². The van der Waals surface area contributed by atoms with Gasteiger partial charge in [0.15, 0.2) is 5.96 Å². The Labute approximate surface area is 158 Å². The van der Waals surface area contributed by atoms with Gasteiger partial charge in [-0.2, -0.15) is 0 Å². The van der Waals surface area contributed by atoms with Crippen LogP contribution in [-0.2, 0) is 10.2 Å². The molecular weight excluding hydrogens is 324 g/mol. The van der Waals surface area contributed by atoms with Crippen molar-refractivity contribution in [1.82, 2.24) is 15.5 Å². The van der Waals surface area contributed by atoms with Crippen molar-refractivity contribution in [2.75, 3.05) is 26.7 Å². The van der Waals surface area contributed by atoms with E-state index in [4.69, 9.17) is 0 Å². The molecule has 0 bridgehead atoms. The van der Waals surface area contributed by atoms with Crippen molar-refractivity contribution in [3.05, 3.63) is 35.9 Å². The first-order valence-corrected chi connectivity index (χ1v) is 9.77. The number of rotatable bonds is 8. The Morgan fingerprint density at radius 3 is 2.58 bits per heavy atom. The lowest BCUT2D eigenvalue weighted by Crippen LogP contribution is -2.45. The lowest BCUT2D eigenvalue weighted by Gasteiger charge is -2.28. The second-order valence-electron chi connectivity index (χ2n) is 7.64. The predicted molar refractivity (Wildman–Crippen MR) is 108 cm³/mol. The minimum Gasteiger partial charge on any atom is -0.356 e. The highest BCUT2D eigenvalue weighted by Crippen LogP contribution is 2.21. The van der Waals surface area contributed by atoms with E-state index in [1.165, 1.54) is 5.56 Å². The quantitative estimate of drug-likeness (QED) is 0.555. The van der Waals surface area contributed by atoms with Gasteiger partial charge >= 0.3 is 0 Å². The fraction of sp³-hybridized carbons (Fsp3) is 0.619. The average molecular weight is 359 g/mol. The van der Waals surface area contributed by atoms with Gasteiger partial charge in [-0.1, -0.05) is 51.1 Å². The van der Waals surface area contributed by atoms with Gasteiger partial charge < -0.3 is 15.5 Å². The molecule has 0 aliphatic carbocycles. The Balaban J connectivity index is 1.79. The summed E-state index contributed by atoms with van der Waals surface area (Å²) in [7, 11) is 1.80. The van der Waals surface area contributed by atoms with Crippen LogP contribution in [0.25, 0.3) is 0 Å². The number of aliphatic imine (C=N–C) groups is 1. The highest BCUT2D eigenvalue weighted by atomic mass is 16.2. The predicted octanol–water partition coefficient (Wildman–Crippen LogP) is 2.92. The number of likely N-dealkylation sites (tertiary alicyclic amines) is 1. The van der Waals surface area contributed by atoms with Crippen LogP contribution in [-0.4, -0.2) is 49.5 Å². The third-order valence-electron chi connectivity index (χ3n) is 5.27. The Kier molecular flexibility index (Phi) is 7.49. The summed E-state index contributed by atoms with van der Waals surface area (Å²) in [6.45, 7) is 9.15. The molecule has 26 heavy (non-hydrogen) atoms. The molecule has 1 aromatic rings. The Morgan fingerprint density at radius 2 is 2.00 bits per heavy atom. The summed E-state index contributed by atoms with van der Waals surface area (Å²) in [4.78, 5) is 18.3. The number of guanidine groups is 1. The Hall–Kier alpha value is -2.04. The molecule has 0 spiro atoms. The maximum atomic E-state index is 11.9. The maximum absolute atomic E-state index is 11.9. The fourth-order valence-electron chi connectivity index (χ4n) is 3.51. The van der Waals surface area contributed by atoms with Crippen LogP contribution in [0.5, 0.6) is 0 Å². The normalized spacial score (nSPS) is 16.7. The summed E-state index contributed by atoms with van der Waals surface area (Å²) in [5.74, 6) is 1.13. The molecule has 1 amide bonds. The van der Waals surface area contributed by atoms with E-state index in [2.05, 4.69) is 65.6 Å². The third kappa shape index (κ3) is 5.48.